The van der Waals surface area contributed by atoms with Crippen molar-refractivity contribution in [3.63, 3.8) is 0 Å². The van der Waals surface area contributed by atoms with Crippen LogP contribution in [0.2, 0.25) is 0 Å². The van der Waals surface area contributed by atoms with Crippen molar-refractivity contribution in [2.24, 2.45) is 5.10 Å². The molecule has 0 atom stereocenters. The van der Waals surface area contributed by atoms with Gasteiger partial charge in [-0.3, -0.25) is 4.79 Å². The van der Waals surface area contributed by atoms with E-state index in [2.05, 4.69) is 17.5 Å². The molecule has 3 rings (SSSR count). The molecule has 0 aliphatic rings. The first-order valence-corrected chi connectivity index (χ1v) is 11.4. The molecule has 3 aromatic carbocycles. The summed E-state index contributed by atoms with van der Waals surface area (Å²) in [7, 11) is 0. The minimum absolute atomic E-state index is 0.106. The van der Waals surface area contributed by atoms with E-state index >= 15 is 0 Å². The summed E-state index contributed by atoms with van der Waals surface area (Å²) in [4.78, 5) is 12.0. The van der Waals surface area contributed by atoms with Gasteiger partial charge in [-0.25, -0.2) is 5.43 Å². The minimum Gasteiger partial charge on any atom is -0.494 e. The lowest BCUT2D eigenvalue weighted by molar-refractivity contribution is -0.123. The van der Waals surface area contributed by atoms with Gasteiger partial charge in [0.05, 0.1) is 12.8 Å². The number of carbonyl (C=O) groups is 1. The number of carbonyl (C=O) groups excluding carboxylic acids is 1. The molecule has 0 unspecified atom stereocenters. The highest BCUT2D eigenvalue weighted by molar-refractivity contribution is 5.99. The second-order valence-corrected chi connectivity index (χ2v) is 7.74. The summed E-state index contributed by atoms with van der Waals surface area (Å²) in [5.74, 6) is 1.12. The summed E-state index contributed by atoms with van der Waals surface area (Å²) in [5, 5.41) is 6.27. The highest BCUT2D eigenvalue weighted by atomic mass is 16.5. The van der Waals surface area contributed by atoms with Crippen LogP contribution in [0.25, 0.3) is 10.8 Å². The van der Waals surface area contributed by atoms with E-state index in [0.29, 0.717) is 5.75 Å². The van der Waals surface area contributed by atoms with Crippen molar-refractivity contribution >= 4 is 22.9 Å². The number of nitrogens with zero attached hydrogens (tertiary/aromatic N) is 1. The Bertz CT molecular complexity index is 994. The molecule has 3 aromatic rings. The van der Waals surface area contributed by atoms with Gasteiger partial charge in [0.1, 0.15) is 11.5 Å². The van der Waals surface area contributed by atoms with Gasteiger partial charge in [-0.1, -0.05) is 81.5 Å². The number of hydrogen-bond donors (Lipinski definition) is 1. The number of amides is 1. The molecule has 1 amide bonds. The van der Waals surface area contributed by atoms with Crippen LogP contribution in [0.15, 0.2) is 71.8 Å². The number of fused-ring (bicyclic) bond motifs is 1. The van der Waals surface area contributed by atoms with E-state index in [4.69, 9.17) is 9.47 Å². The smallest absolute Gasteiger partial charge is 0.277 e. The fourth-order valence-corrected chi connectivity index (χ4v) is 3.42. The molecule has 0 bridgehead atoms. The molecule has 0 fully saturated rings. The van der Waals surface area contributed by atoms with Crippen LogP contribution in [0.5, 0.6) is 11.5 Å². The van der Waals surface area contributed by atoms with Crippen molar-refractivity contribution in [1.29, 1.82) is 0 Å². The average Bonchev–Trinajstić information content (AvgIpc) is 2.83. The molecule has 168 valence electrons. The Morgan fingerprint density at radius 1 is 0.844 bits per heavy atom. The van der Waals surface area contributed by atoms with Crippen molar-refractivity contribution in [2.75, 3.05) is 13.2 Å². The molecule has 0 saturated heterocycles. The molecular formula is C27H32N2O3. The lowest BCUT2D eigenvalue weighted by atomic mass is 10.1. The molecule has 32 heavy (non-hydrogen) atoms. The molecule has 0 saturated carbocycles. The van der Waals surface area contributed by atoms with Gasteiger partial charge in [0.25, 0.3) is 5.91 Å². The largest absolute Gasteiger partial charge is 0.494 e. The number of unbranched alkanes of at least 4 members (excludes halogenated alkanes) is 5. The lowest BCUT2D eigenvalue weighted by Crippen LogP contribution is -2.24. The van der Waals surface area contributed by atoms with Crippen LogP contribution >= 0.6 is 0 Å². The second-order valence-electron chi connectivity index (χ2n) is 7.74. The molecular weight excluding hydrogens is 400 g/mol. The first kappa shape index (κ1) is 23.3. The Balaban J connectivity index is 1.36. The maximum atomic E-state index is 12.0. The van der Waals surface area contributed by atoms with Crippen molar-refractivity contribution in [3.05, 3.63) is 72.3 Å². The first-order chi connectivity index (χ1) is 15.8. The average molecular weight is 433 g/mol. The Labute approximate surface area is 190 Å². The number of benzene rings is 3. The summed E-state index contributed by atoms with van der Waals surface area (Å²) in [6.45, 7) is 2.85. The summed E-state index contributed by atoms with van der Waals surface area (Å²) >= 11 is 0. The van der Waals surface area contributed by atoms with E-state index in [0.717, 1.165) is 35.1 Å². The molecule has 5 heteroatoms. The quantitative estimate of drug-likeness (QED) is 0.201. The number of hydrazone groups is 1. The van der Waals surface area contributed by atoms with Crippen LogP contribution in [0.4, 0.5) is 0 Å². The van der Waals surface area contributed by atoms with E-state index in [-0.39, 0.29) is 12.5 Å². The maximum absolute atomic E-state index is 12.0. The Kier molecular flexibility index (Phi) is 9.59. The normalized spacial score (nSPS) is 11.0. The summed E-state index contributed by atoms with van der Waals surface area (Å²) in [5.41, 5.74) is 3.46. The SMILES string of the molecule is CCCCCCCCOc1ccc(OCC(=O)N/N=C\c2cccc3ccccc23)cc1. The third-order valence-electron chi connectivity index (χ3n) is 5.18. The molecule has 0 spiro atoms. The van der Waals surface area contributed by atoms with Crippen molar-refractivity contribution in [2.45, 2.75) is 45.4 Å². The second kappa shape index (κ2) is 13.2. The number of ether oxygens (including phenoxy) is 2. The van der Waals surface area contributed by atoms with Crippen LogP contribution in [0.1, 0.15) is 51.0 Å². The standard InChI is InChI=1S/C27H32N2O3/c1-2-3-4-5-6-9-19-31-24-15-17-25(18-16-24)32-21-27(30)29-28-20-23-13-10-12-22-11-7-8-14-26(22)23/h7-8,10-18,20H,2-6,9,19,21H2,1H3,(H,29,30)/b28-20-. The Morgan fingerprint density at radius 3 is 2.34 bits per heavy atom. The van der Waals surface area contributed by atoms with Gasteiger partial charge in [0.15, 0.2) is 6.61 Å². The minimum atomic E-state index is -0.315. The van der Waals surface area contributed by atoms with E-state index in [9.17, 15) is 4.79 Å². The summed E-state index contributed by atoms with van der Waals surface area (Å²) in [6.07, 6.45) is 9.10. The van der Waals surface area contributed by atoms with Crippen molar-refractivity contribution < 1.29 is 14.3 Å². The Hall–Kier alpha value is -3.34. The zero-order chi connectivity index (χ0) is 22.4. The van der Waals surface area contributed by atoms with Gasteiger partial charge >= 0.3 is 0 Å². The molecule has 0 aliphatic carbocycles. The van der Waals surface area contributed by atoms with Crippen LogP contribution in [-0.2, 0) is 4.79 Å². The molecule has 0 heterocycles. The highest BCUT2D eigenvalue weighted by Crippen LogP contribution is 2.18. The van der Waals surface area contributed by atoms with E-state index in [1.807, 2.05) is 66.7 Å². The predicted octanol–water partition coefficient (Wildman–Crippen LogP) is 6.11. The third-order valence-corrected chi connectivity index (χ3v) is 5.18. The van der Waals surface area contributed by atoms with Gasteiger partial charge in [-0.2, -0.15) is 5.10 Å². The monoisotopic (exact) mass is 432 g/mol. The summed E-state index contributed by atoms with van der Waals surface area (Å²) < 4.78 is 11.3. The zero-order valence-corrected chi connectivity index (χ0v) is 18.8. The lowest BCUT2D eigenvalue weighted by Gasteiger charge is -2.08. The number of hydrogen-bond acceptors (Lipinski definition) is 4. The van der Waals surface area contributed by atoms with E-state index in [1.54, 1.807) is 6.21 Å². The van der Waals surface area contributed by atoms with Crippen LogP contribution in [-0.4, -0.2) is 25.3 Å². The zero-order valence-electron chi connectivity index (χ0n) is 18.8. The Morgan fingerprint density at radius 2 is 1.53 bits per heavy atom. The van der Waals surface area contributed by atoms with Gasteiger partial charge in [-0.15, -0.1) is 0 Å². The van der Waals surface area contributed by atoms with Gasteiger partial charge in [0.2, 0.25) is 0 Å². The molecule has 0 aromatic heterocycles. The van der Waals surface area contributed by atoms with Gasteiger partial charge in [-0.05, 0) is 41.5 Å². The number of nitrogens with one attached hydrogen (secondary N) is 1. The van der Waals surface area contributed by atoms with Crippen LogP contribution in [0.3, 0.4) is 0 Å². The third kappa shape index (κ3) is 7.73. The fourth-order valence-electron chi connectivity index (χ4n) is 3.42. The van der Waals surface area contributed by atoms with Crippen molar-refractivity contribution in [1.82, 2.24) is 5.43 Å². The number of rotatable bonds is 13. The molecule has 0 aliphatic heterocycles. The molecule has 5 nitrogen and oxygen atoms in total. The molecule has 1 N–H and O–H groups in total. The van der Waals surface area contributed by atoms with E-state index in [1.165, 1.54) is 32.1 Å². The fraction of sp³-hybridized carbons (Fsp3) is 0.333. The van der Waals surface area contributed by atoms with Crippen LogP contribution in [0, 0.1) is 0 Å². The maximum Gasteiger partial charge on any atom is 0.277 e. The van der Waals surface area contributed by atoms with Crippen molar-refractivity contribution in [3.8, 4) is 11.5 Å². The van der Waals surface area contributed by atoms with Crippen LogP contribution < -0.4 is 14.9 Å². The topological polar surface area (TPSA) is 59.9 Å². The van der Waals surface area contributed by atoms with Gasteiger partial charge < -0.3 is 9.47 Å². The predicted molar refractivity (Wildman–Crippen MR) is 130 cm³/mol. The highest BCUT2D eigenvalue weighted by Gasteiger charge is 2.03. The molecule has 0 radical (unpaired) electrons. The van der Waals surface area contributed by atoms with E-state index < -0.39 is 0 Å². The first-order valence-electron chi connectivity index (χ1n) is 11.4. The summed E-state index contributed by atoms with van der Waals surface area (Å²) in [6, 6.07) is 21.4. The van der Waals surface area contributed by atoms with Gasteiger partial charge in [0, 0.05) is 5.56 Å².